The van der Waals surface area contributed by atoms with Crippen molar-refractivity contribution in [2.75, 3.05) is 14.2 Å². The Kier molecular flexibility index (Phi) is 4.89. The highest BCUT2D eigenvalue weighted by atomic mass is 16.6. The molecule has 8 heteroatoms. The summed E-state index contributed by atoms with van der Waals surface area (Å²) in [5.74, 6) is -0.0527. The average Bonchev–Trinajstić information content (AvgIpc) is 3.13. The summed E-state index contributed by atoms with van der Waals surface area (Å²) in [7, 11) is 2.80. The Balaban J connectivity index is 1.77. The number of carbonyl (C=O) groups is 1. The van der Waals surface area contributed by atoms with Crippen molar-refractivity contribution < 1.29 is 23.9 Å². The molecule has 1 aliphatic heterocycles. The van der Waals surface area contributed by atoms with E-state index >= 15 is 0 Å². The Hall–Kier alpha value is -4.20. The maximum atomic E-state index is 12.4. The van der Waals surface area contributed by atoms with Crippen molar-refractivity contribution in [2.45, 2.75) is 0 Å². The zero-order chi connectivity index (χ0) is 21.3. The van der Waals surface area contributed by atoms with Crippen molar-refractivity contribution in [3.8, 4) is 11.5 Å². The second kappa shape index (κ2) is 7.67. The molecule has 0 saturated carbocycles. The molecule has 0 aliphatic carbocycles. The van der Waals surface area contributed by atoms with Crippen molar-refractivity contribution in [2.24, 2.45) is 4.99 Å². The van der Waals surface area contributed by atoms with E-state index in [0.29, 0.717) is 11.3 Å². The fraction of sp³-hybridized carbons (Fsp3) is 0.0909. The first-order chi connectivity index (χ1) is 14.5. The van der Waals surface area contributed by atoms with E-state index in [4.69, 9.17) is 14.2 Å². The molecular weight excluding hydrogens is 388 g/mol. The maximum absolute atomic E-state index is 12.4. The van der Waals surface area contributed by atoms with Gasteiger partial charge in [-0.1, -0.05) is 30.3 Å². The Bertz CT molecular complexity index is 1250. The second-order valence-corrected chi connectivity index (χ2v) is 6.42. The van der Waals surface area contributed by atoms with E-state index in [0.717, 1.165) is 10.8 Å². The maximum Gasteiger partial charge on any atom is 0.363 e. The van der Waals surface area contributed by atoms with Crippen LogP contribution in [0.1, 0.15) is 11.1 Å². The third kappa shape index (κ3) is 3.46. The lowest BCUT2D eigenvalue weighted by molar-refractivity contribution is -0.385. The van der Waals surface area contributed by atoms with Crippen LogP contribution in [0.4, 0.5) is 5.69 Å². The monoisotopic (exact) mass is 404 g/mol. The highest BCUT2D eigenvalue weighted by molar-refractivity contribution is 6.13. The fourth-order valence-corrected chi connectivity index (χ4v) is 3.16. The number of ether oxygens (including phenoxy) is 3. The van der Waals surface area contributed by atoms with Crippen molar-refractivity contribution >= 4 is 34.4 Å². The Labute approximate surface area is 171 Å². The first kappa shape index (κ1) is 19.1. The molecule has 0 spiro atoms. The predicted molar refractivity (Wildman–Crippen MR) is 111 cm³/mol. The molecule has 1 heterocycles. The van der Waals surface area contributed by atoms with Gasteiger partial charge < -0.3 is 14.2 Å². The third-order valence-corrected chi connectivity index (χ3v) is 4.64. The Morgan fingerprint density at radius 2 is 1.70 bits per heavy atom. The minimum Gasteiger partial charge on any atom is -0.493 e. The summed E-state index contributed by atoms with van der Waals surface area (Å²) in [4.78, 5) is 27.5. The van der Waals surface area contributed by atoms with Gasteiger partial charge in [0, 0.05) is 5.56 Å². The largest absolute Gasteiger partial charge is 0.493 e. The quantitative estimate of drug-likeness (QED) is 0.275. The number of rotatable bonds is 5. The van der Waals surface area contributed by atoms with Gasteiger partial charge in [-0.3, -0.25) is 10.1 Å². The summed E-state index contributed by atoms with van der Waals surface area (Å²) in [5.41, 5.74) is 0.483. The number of fused-ring (bicyclic) bond motifs is 1. The summed E-state index contributed by atoms with van der Waals surface area (Å²) in [6.07, 6.45) is 1.30. The molecule has 8 nitrogen and oxygen atoms in total. The van der Waals surface area contributed by atoms with Gasteiger partial charge in [-0.15, -0.1) is 0 Å². The van der Waals surface area contributed by atoms with Gasteiger partial charge in [0.2, 0.25) is 5.90 Å². The van der Waals surface area contributed by atoms with Gasteiger partial charge in [0.05, 0.1) is 30.8 Å². The number of nitrogens with zero attached hydrogens (tertiary/aromatic N) is 2. The molecule has 4 rings (SSSR count). The number of benzene rings is 3. The Morgan fingerprint density at radius 3 is 2.40 bits per heavy atom. The van der Waals surface area contributed by atoms with Gasteiger partial charge in [0.25, 0.3) is 5.69 Å². The number of esters is 1. The van der Waals surface area contributed by atoms with Crippen LogP contribution in [0.25, 0.3) is 16.8 Å². The summed E-state index contributed by atoms with van der Waals surface area (Å²) in [6, 6.07) is 16.0. The SMILES string of the molecule is COc1cc(/C=C2/N=C(c3ccc4ccccc4c3)OC2=O)c([N+](=O)[O-])cc1OC. The van der Waals surface area contributed by atoms with Gasteiger partial charge in [-0.05, 0) is 35.0 Å². The number of aliphatic imine (C=N–C) groups is 1. The first-order valence-corrected chi connectivity index (χ1v) is 8.92. The molecule has 0 fully saturated rings. The number of hydrogen-bond acceptors (Lipinski definition) is 7. The van der Waals surface area contributed by atoms with Crippen molar-refractivity contribution in [3.63, 3.8) is 0 Å². The van der Waals surface area contributed by atoms with Crippen molar-refractivity contribution in [1.29, 1.82) is 0 Å². The van der Waals surface area contributed by atoms with E-state index in [9.17, 15) is 14.9 Å². The lowest BCUT2D eigenvalue weighted by Crippen LogP contribution is -2.05. The van der Waals surface area contributed by atoms with Crippen LogP contribution in [0.5, 0.6) is 11.5 Å². The second-order valence-electron chi connectivity index (χ2n) is 6.42. The van der Waals surface area contributed by atoms with Crippen LogP contribution >= 0.6 is 0 Å². The van der Waals surface area contributed by atoms with Crippen LogP contribution in [0.3, 0.4) is 0 Å². The van der Waals surface area contributed by atoms with E-state index in [2.05, 4.69) is 4.99 Å². The summed E-state index contributed by atoms with van der Waals surface area (Å²) in [5, 5.41) is 13.5. The normalized spacial score (nSPS) is 14.5. The molecule has 3 aromatic carbocycles. The zero-order valence-corrected chi connectivity index (χ0v) is 16.1. The van der Waals surface area contributed by atoms with Gasteiger partial charge in [0.1, 0.15) is 0 Å². The summed E-state index contributed by atoms with van der Waals surface area (Å²) < 4.78 is 15.6. The van der Waals surface area contributed by atoms with Crippen LogP contribution in [0.15, 0.2) is 65.3 Å². The van der Waals surface area contributed by atoms with E-state index < -0.39 is 10.9 Å². The molecule has 0 atom stereocenters. The minimum absolute atomic E-state index is 0.0477. The van der Waals surface area contributed by atoms with Crippen LogP contribution < -0.4 is 9.47 Å². The zero-order valence-electron chi connectivity index (χ0n) is 16.1. The van der Waals surface area contributed by atoms with Crippen LogP contribution in [-0.4, -0.2) is 31.0 Å². The Morgan fingerprint density at radius 1 is 1.00 bits per heavy atom. The molecule has 0 unspecified atom stereocenters. The van der Waals surface area contributed by atoms with Crippen LogP contribution in [0.2, 0.25) is 0 Å². The lowest BCUT2D eigenvalue weighted by atomic mass is 10.1. The lowest BCUT2D eigenvalue weighted by Gasteiger charge is -2.08. The predicted octanol–water partition coefficient (Wildman–Crippen LogP) is 4.11. The summed E-state index contributed by atoms with van der Waals surface area (Å²) in [6.45, 7) is 0. The van der Waals surface area contributed by atoms with E-state index in [1.165, 1.54) is 32.4 Å². The number of cyclic esters (lactones) is 1. The van der Waals surface area contributed by atoms with Crippen molar-refractivity contribution in [3.05, 3.63) is 81.5 Å². The van der Waals surface area contributed by atoms with Gasteiger partial charge in [-0.2, -0.15) is 0 Å². The number of hydrogen-bond donors (Lipinski definition) is 0. The minimum atomic E-state index is -0.692. The van der Waals surface area contributed by atoms with E-state index in [-0.39, 0.29) is 28.6 Å². The van der Waals surface area contributed by atoms with Crippen LogP contribution in [-0.2, 0) is 9.53 Å². The molecule has 0 radical (unpaired) electrons. The molecular formula is C22H16N2O6. The van der Waals surface area contributed by atoms with E-state index in [1.54, 1.807) is 6.07 Å². The molecule has 3 aromatic rings. The molecule has 0 bridgehead atoms. The molecule has 1 aliphatic rings. The number of nitro benzene ring substituents is 1. The molecule has 0 aromatic heterocycles. The molecule has 150 valence electrons. The smallest absolute Gasteiger partial charge is 0.363 e. The topological polar surface area (TPSA) is 100 Å². The van der Waals surface area contributed by atoms with Gasteiger partial charge >= 0.3 is 5.97 Å². The molecule has 0 N–H and O–H groups in total. The number of nitro groups is 1. The molecule has 0 amide bonds. The average molecular weight is 404 g/mol. The van der Waals surface area contributed by atoms with Crippen molar-refractivity contribution in [1.82, 2.24) is 0 Å². The molecule has 0 saturated heterocycles. The highest BCUT2D eigenvalue weighted by Gasteiger charge is 2.26. The third-order valence-electron chi connectivity index (χ3n) is 4.64. The van der Waals surface area contributed by atoms with Crippen LogP contribution in [0, 0.1) is 10.1 Å². The standard InChI is InChI=1S/C22H16N2O6/c1-28-19-11-16(18(24(26)27)12-20(19)29-2)10-17-22(25)30-21(23-17)15-8-7-13-5-3-4-6-14(13)9-15/h3-12H,1-2H3/b17-10+. The van der Waals surface area contributed by atoms with Gasteiger partial charge in [-0.25, -0.2) is 9.79 Å². The highest BCUT2D eigenvalue weighted by Crippen LogP contribution is 2.36. The fourth-order valence-electron chi connectivity index (χ4n) is 3.16. The number of methoxy groups -OCH3 is 2. The first-order valence-electron chi connectivity index (χ1n) is 8.92. The molecule has 30 heavy (non-hydrogen) atoms. The van der Waals surface area contributed by atoms with Gasteiger partial charge in [0.15, 0.2) is 17.2 Å². The number of carbonyl (C=O) groups excluding carboxylic acids is 1. The summed E-state index contributed by atoms with van der Waals surface area (Å²) >= 11 is 0. The van der Waals surface area contributed by atoms with E-state index in [1.807, 2.05) is 36.4 Å².